The number of benzene rings is 1. The normalized spacial score (nSPS) is 9.62. The smallest absolute Gasteiger partial charge is 0.339 e. The Labute approximate surface area is 72.2 Å². The number of aldehydes is 1. The number of rotatable bonds is 2. The van der Waals surface area contributed by atoms with Crippen LogP contribution >= 0.6 is 0 Å². The van der Waals surface area contributed by atoms with Gasteiger partial charge < -0.3 is 10.2 Å². The van der Waals surface area contributed by atoms with Gasteiger partial charge in [-0.1, -0.05) is 0 Å². The van der Waals surface area contributed by atoms with Crippen LogP contribution in [0.5, 0.6) is 5.75 Å². The van der Waals surface area contributed by atoms with Crippen molar-refractivity contribution >= 4 is 12.3 Å². The summed E-state index contributed by atoms with van der Waals surface area (Å²) in [7, 11) is 0. The van der Waals surface area contributed by atoms with E-state index in [2.05, 4.69) is 0 Å². The van der Waals surface area contributed by atoms with E-state index >= 15 is 0 Å². The molecule has 0 radical (unpaired) electrons. The van der Waals surface area contributed by atoms with Gasteiger partial charge in [-0.25, -0.2) is 9.18 Å². The molecule has 0 aliphatic carbocycles. The first-order valence-electron chi connectivity index (χ1n) is 3.27. The van der Waals surface area contributed by atoms with Gasteiger partial charge >= 0.3 is 5.97 Å². The molecule has 0 spiro atoms. The fourth-order valence-electron chi connectivity index (χ4n) is 0.873. The minimum atomic E-state index is -1.49. The maximum atomic E-state index is 12.6. The van der Waals surface area contributed by atoms with Crippen molar-refractivity contribution in [1.82, 2.24) is 0 Å². The van der Waals surface area contributed by atoms with Gasteiger partial charge in [0.15, 0.2) is 6.29 Å². The molecule has 1 rings (SSSR count). The van der Waals surface area contributed by atoms with Gasteiger partial charge in [0.1, 0.15) is 17.1 Å². The molecule has 13 heavy (non-hydrogen) atoms. The Morgan fingerprint density at radius 3 is 2.54 bits per heavy atom. The highest BCUT2D eigenvalue weighted by Crippen LogP contribution is 2.22. The summed E-state index contributed by atoms with van der Waals surface area (Å²) in [6, 6.07) is 1.40. The SMILES string of the molecule is O=Cc1cc(F)cc(C(=O)O)c1O. The van der Waals surface area contributed by atoms with Crippen LogP contribution in [0.15, 0.2) is 12.1 Å². The van der Waals surface area contributed by atoms with E-state index in [-0.39, 0.29) is 11.8 Å². The minimum absolute atomic E-state index is 0.185. The number of phenols is 1. The number of hydrogen-bond acceptors (Lipinski definition) is 3. The average molecular weight is 184 g/mol. The molecule has 2 N–H and O–H groups in total. The second-order valence-electron chi connectivity index (χ2n) is 2.31. The van der Waals surface area contributed by atoms with E-state index in [1.165, 1.54) is 0 Å². The minimum Gasteiger partial charge on any atom is -0.506 e. The summed E-state index contributed by atoms with van der Waals surface area (Å²) in [6.07, 6.45) is 0.185. The Morgan fingerprint density at radius 1 is 1.46 bits per heavy atom. The number of carbonyl (C=O) groups excluding carboxylic acids is 1. The van der Waals surface area contributed by atoms with Gasteiger partial charge in [0.25, 0.3) is 0 Å². The van der Waals surface area contributed by atoms with Gasteiger partial charge in [-0.3, -0.25) is 4.79 Å². The van der Waals surface area contributed by atoms with Crippen LogP contribution in [-0.4, -0.2) is 22.5 Å². The van der Waals surface area contributed by atoms with Crippen LogP contribution in [0, 0.1) is 5.82 Å². The average Bonchev–Trinajstić information content (AvgIpc) is 2.08. The maximum Gasteiger partial charge on any atom is 0.339 e. The first-order chi connectivity index (χ1) is 6.06. The highest BCUT2D eigenvalue weighted by Gasteiger charge is 2.14. The van der Waals surface area contributed by atoms with Crippen molar-refractivity contribution < 1.29 is 24.2 Å². The first kappa shape index (κ1) is 9.18. The van der Waals surface area contributed by atoms with Crippen LogP contribution in [0.25, 0.3) is 0 Å². The molecule has 0 heterocycles. The predicted molar refractivity (Wildman–Crippen MR) is 40.4 cm³/mol. The predicted octanol–water partition coefficient (Wildman–Crippen LogP) is 1.04. The zero-order valence-corrected chi connectivity index (χ0v) is 6.32. The monoisotopic (exact) mass is 184 g/mol. The number of aromatic hydroxyl groups is 1. The van der Waals surface area contributed by atoms with Gasteiger partial charge in [-0.15, -0.1) is 0 Å². The van der Waals surface area contributed by atoms with Crippen molar-refractivity contribution in [2.24, 2.45) is 0 Å². The third-order valence-corrected chi connectivity index (χ3v) is 1.46. The third kappa shape index (κ3) is 1.64. The van der Waals surface area contributed by atoms with Crippen molar-refractivity contribution in [1.29, 1.82) is 0 Å². The Hall–Kier alpha value is -1.91. The van der Waals surface area contributed by atoms with Gasteiger partial charge in [0, 0.05) is 0 Å². The first-order valence-corrected chi connectivity index (χ1v) is 3.27. The summed E-state index contributed by atoms with van der Waals surface area (Å²) in [5.41, 5.74) is -1.00. The van der Waals surface area contributed by atoms with E-state index in [9.17, 15) is 14.0 Å². The summed E-state index contributed by atoms with van der Waals surface area (Å²) in [6.45, 7) is 0. The standard InChI is InChI=1S/C8H5FO4/c9-5-1-4(3-10)7(11)6(2-5)8(12)13/h1-3,11H,(H,12,13). The molecule has 0 aliphatic heterocycles. The molecule has 4 nitrogen and oxygen atoms in total. The molecule has 0 aromatic heterocycles. The zero-order valence-electron chi connectivity index (χ0n) is 6.32. The molecule has 0 fully saturated rings. The van der Waals surface area contributed by atoms with Crippen molar-refractivity contribution in [3.8, 4) is 5.75 Å². The highest BCUT2D eigenvalue weighted by atomic mass is 19.1. The highest BCUT2D eigenvalue weighted by molar-refractivity contribution is 5.94. The van der Waals surface area contributed by atoms with E-state index in [0.29, 0.717) is 6.07 Å². The van der Waals surface area contributed by atoms with Gasteiger partial charge in [0.2, 0.25) is 0 Å². The molecule has 5 heteroatoms. The quantitative estimate of drug-likeness (QED) is 0.673. The van der Waals surface area contributed by atoms with E-state index in [0.717, 1.165) is 6.07 Å². The van der Waals surface area contributed by atoms with Crippen LogP contribution < -0.4 is 0 Å². The summed E-state index contributed by atoms with van der Waals surface area (Å²) in [5, 5.41) is 17.6. The van der Waals surface area contributed by atoms with Gasteiger partial charge in [-0.05, 0) is 12.1 Å². The van der Waals surface area contributed by atoms with Crippen LogP contribution in [0.4, 0.5) is 4.39 Å². The lowest BCUT2D eigenvalue weighted by molar-refractivity contribution is 0.0693. The molecule has 68 valence electrons. The Balaban J connectivity index is 3.44. The van der Waals surface area contributed by atoms with Gasteiger partial charge in [-0.2, -0.15) is 0 Å². The fraction of sp³-hybridized carbons (Fsp3) is 0. The molecular weight excluding hydrogens is 179 g/mol. The third-order valence-electron chi connectivity index (χ3n) is 1.46. The van der Waals surface area contributed by atoms with Crippen LogP contribution in [0.2, 0.25) is 0 Å². The Kier molecular flexibility index (Phi) is 2.27. The lowest BCUT2D eigenvalue weighted by Crippen LogP contribution is -2.00. The van der Waals surface area contributed by atoms with Crippen LogP contribution in [-0.2, 0) is 0 Å². The second kappa shape index (κ2) is 3.22. The zero-order chi connectivity index (χ0) is 10.0. The Bertz CT molecular complexity index is 373. The molecule has 0 bridgehead atoms. The van der Waals surface area contributed by atoms with Crippen molar-refractivity contribution in [3.05, 3.63) is 29.1 Å². The van der Waals surface area contributed by atoms with E-state index in [4.69, 9.17) is 10.2 Å². The Morgan fingerprint density at radius 2 is 2.08 bits per heavy atom. The summed E-state index contributed by atoms with van der Waals surface area (Å²) >= 11 is 0. The summed E-state index contributed by atoms with van der Waals surface area (Å²) < 4.78 is 12.6. The number of carbonyl (C=O) groups is 2. The van der Waals surface area contributed by atoms with Gasteiger partial charge in [0.05, 0.1) is 5.56 Å². The van der Waals surface area contributed by atoms with Crippen molar-refractivity contribution in [2.75, 3.05) is 0 Å². The summed E-state index contributed by atoms with van der Waals surface area (Å²) in [5.74, 6) is -3.08. The lowest BCUT2D eigenvalue weighted by atomic mass is 10.1. The van der Waals surface area contributed by atoms with E-state index < -0.39 is 23.1 Å². The molecular formula is C8H5FO4. The molecule has 0 atom stereocenters. The molecule has 1 aromatic rings. The molecule has 0 aliphatic rings. The van der Waals surface area contributed by atoms with Crippen LogP contribution in [0.1, 0.15) is 20.7 Å². The van der Waals surface area contributed by atoms with Crippen LogP contribution in [0.3, 0.4) is 0 Å². The van der Waals surface area contributed by atoms with E-state index in [1.807, 2.05) is 0 Å². The second-order valence-corrected chi connectivity index (χ2v) is 2.31. The fourth-order valence-corrected chi connectivity index (χ4v) is 0.873. The molecule has 0 saturated heterocycles. The maximum absolute atomic E-state index is 12.6. The summed E-state index contributed by atoms with van der Waals surface area (Å²) in [4.78, 5) is 20.6. The van der Waals surface area contributed by atoms with Crippen molar-refractivity contribution in [2.45, 2.75) is 0 Å². The molecule has 0 unspecified atom stereocenters. The number of halogens is 1. The molecule has 0 saturated carbocycles. The van der Waals surface area contributed by atoms with E-state index in [1.54, 1.807) is 0 Å². The lowest BCUT2D eigenvalue weighted by Gasteiger charge is -2.01. The molecule has 1 aromatic carbocycles. The number of hydrogen-bond donors (Lipinski definition) is 2. The number of carboxylic acids is 1. The number of carboxylic acid groups (broad SMARTS) is 1. The topological polar surface area (TPSA) is 74.6 Å². The largest absolute Gasteiger partial charge is 0.506 e. The number of aromatic carboxylic acids is 1. The van der Waals surface area contributed by atoms with Crippen molar-refractivity contribution in [3.63, 3.8) is 0 Å². The molecule has 0 amide bonds.